The first-order chi connectivity index (χ1) is 15.6. The van der Waals surface area contributed by atoms with Crippen molar-refractivity contribution in [1.82, 2.24) is 4.90 Å². The van der Waals surface area contributed by atoms with E-state index in [-0.39, 0.29) is 23.2 Å². The standard InChI is InChI=1S/C27H25NO4/c1-18-11-12-23-24(29)15-26(32-25(23)14-18)27(30)28(17-21-9-5-13-31-21)16-20-8-4-7-19-6-2-3-10-22(19)20/h2-4,6-8,10-12,14-15,21H,5,9,13,16-17H2,1H3/t21-/m0/s1. The Morgan fingerprint density at radius 2 is 1.88 bits per heavy atom. The molecule has 0 unspecified atom stereocenters. The van der Waals surface area contributed by atoms with Gasteiger partial charge in [-0.3, -0.25) is 9.59 Å². The highest BCUT2D eigenvalue weighted by atomic mass is 16.5. The maximum absolute atomic E-state index is 13.6. The Hall–Kier alpha value is -3.44. The first-order valence-corrected chi connectivity index (χ1v) is 11.0. The van der Waals surface area contributed by atoms with E-state index in [1.54, 1.807) is 17.0 Å². The second-order valence-corrected chi connectivity index (χ2v) is 8.43. The third kappa shape index (κ3) is 4.04. The minimum atomic E-state index is -0.297. The first kappa shape index (κ1) is 20.5. The molecule has 32 heavy (non-hydrogen) atoms. The van der Waals surface area contributed by atoms with Crippen LogP contribution in [0.4, 0.5) is 0 Å². The molecule has 5 nitrogen and oxygen atoms in total. The summed E-state index contributed by atoms with van der Waals surface area (Å²) in [5.41, 5.74) is 2.24. The van der Waals surface area contributed by atoms with Gasteiger partial charge in [-0.2, -0.15) is 0 Å². The van der Waals surface area contributed by atoms with Gasteiger partial charge in [-0.25, -0.2) is 0 Å². The van der Waals surface area contributed by atoms with Crippen molar-refractivity contribution < 1.29 is 13.9 Å². The topological polar surface area (TPSA) is 59.8 Å². The van der Waals surface area contributed by atoms with Crippen LogP contribution in [0, 0.1) is 6.92 Å². The van der Waals surface area contributed by atoms with Crippen molar-refractivity contribution in [2.45, 2.75) is 32.4 Å². The number of fused-ring (bicyclic) bond motifs is 2. The van der Waals surface area contributed by atoms with Crippen LogP contribution in [-0.2, 0) is 11.3 Å². The van der Waals surface area contributed by atoms with Crippen LogP contribution in [0.1, 0.15) is 34.5 Å². The van der Waals surface area contributed by atoms with Crippen LogP contribution in [0.25, 0.3) is 21.7 Å². The second kappa shape index (κ2) is 8.60. The summed E-state index contributed by atoms with van der Waals surface area (Å²) in [7, 11) is 0. The molecule has 0 bridgehead atoms. The van der Waals surface area contributed by atoms with Gasteiger partial charge in [0.15, 0.2) is 11.2 Å². The minimum Gasteiger partial charge on any atom is -0.451 e. The third-order valence-electron chi connectivity index (χ3n) is 6.07. The lowest BCUT2D eigenvalue weighted by Gasteiger charge is -2.26. The number of carbonyl (C=O) groups is 1. The van der Waals surface area contributed by atoms with Crippen molar-refractivity contribution in [3.8, 4) is 0 Å². The first-order valence-electron chi connectivity index (χ1n) is 11.0. The van der Waals surface area contributed by atoms with Gasteiger partial charge >= 0.3 is 0 Å². The molecular weight excluding hydrogens is 402 g/mol. The number of hydrogen-bond acceptors (Lipinski definition) is 4. The molecule has 0 saturated carbocycles. The molecule has 5 heteroatoms. The lowest BCUT2D eigenvalue weighted by molar-refractivity contribution is 0.0485. The summed E-state index contributed by atoms with van der Waals surface area (Å²) in [5.74, 6) is -0.236. The van der Waals surface area contributed by atoms with Crippen molar-refractivity contribution in [3.05, 3.63) is 93.8 Å². The van der Waals surface area contributed by atoms with E-state index >= 15 is 0 Å². The van der Waals surface area contributed by atoms with E-state index in [2.05, 4.69) is 18.2 Å². The zero-order valence-corrected chi connectivity index (χ0v) is 18.0. The summed E-state index contributed by atoms with van der Waals surface area (Å²) in [6.45, 7) is 3.51. The zero-order valence-electron chi connectivity index (χ0n) is 18.0. The SMILES string of the molecule is Cc1ccc2c(=O)cc(C(=O)N(Cc3cccc4ccccc34)C[C@@H]3CCCO3)oc2c1. The average Bonchev–Trinajstić information content (AvgIpc) is 3.31. The number of carbonyl (C=O) groups excluding carboxylic acids is 1. The Kier molecular flexibility index (Phi) is 5.50. The fourth-order valence-corrected chi connectivity index (χ4v) is 4.41. The number of benzene rings is 3. The van der Waals surface area contributed by atoms with Crippen molar-refractivity contribution in [2.75, 3.05) is 13.2 Å². The highest BCUT2D eigenvalue weighted by molar-refractivity contribution is 5.94. The number of amides is 1. The van der Waals surface area contributed by atoms with E-state index in [1.165, 1.54) is 6.07 Å². The van der Waals surface area contributed by atoms with Gasteiger partial charge in [-0.05, 0) is 53.8 Å². The van der Waals surface area contributed by atoms with Gasteiger partial charge in [0.2, 0.25) is 0 Å². The van der Waals surface area contributed by atoms with Crippen molar-refractivity contribution in [3.63, 3.8) is 0 Å². The van der Waals surface area contributed by atoms with E-state index in [4.69, 9.17) is 9.15 Å². The molecule has 3 aromatic carbocycles. The largest absolute Gasteiger partial charge is 0.451 e. The van der Waals surface area contributed by atoms with Gasteiger partial charge in [0, 0.05) is 25.8 Å². The predicted octanol–water partition coefficient (Wildman–Crippen LogP) is 5.08. The van der Waals surface area contributed by atoms with Crippen molar-refractivity contribution >= 4 is 27.6 Å². The molecular formula is C27H25NO4. The van der Waals surface area contributed by atoms with Crippen LogP contribution in [0.15, 0.2) is 75.9 Å². The van der Waals surface area contributed by atoms with Gasteiger partial charge in [0.05, 0.1) is 11.5 Å². The molecule has 1 amide bonds. The monoisotopic (exact) mass is 427 g/mol. The highest BCUT2D eigenvalue weighted by Gasteiger charge is 2.26. The fourth-order valence-electron chi connectivity index (χ4n) is 4.41. The smallest absolute Gasteiger partial charge is 0.290 e. The number of rotatable bonds is 5. The number of nitrogens with zero attached hydrogens (tertiary/aromatic N) is 1. The molecule has 1 aromatic heterocycles. The molecule has 162 valence electrons. The van der Waals surface area contributed by atoms with Crippen LogP contribution in [0.5, 0.6) is 0 Å². The number of ether oxygens (including phenoxy) is 1. The predicted molar refractivity (Wildman–Crippen MR) is 125 cm³/mol. The Labute approximate surface area is 186 Å². The maximum atomic E-state index is 13.6. The molecule has 0 radical (unpaired) electrons. The van der Waals surface area contributed by atoms with E-state index in [0.29, 0.717) is 30.7 Å². The normalized spacial score (nSPS) is 16.0. The molecule has 2 heterocycles. The van der Waals surface area contributed by atoms with Gasteiger partial charge in [0.25, 0.3) is 5.91 Å². The Morgan fingerprint density at radius 1 is 1.03 bits per heavy atom. The molecule has 1 aliphatic heterocycles. The van der Waals surface area contributed by atoms with E-state index in [0.717, 1.165) is 34.7 Å². The van der Waals surface area contributed by atoms with Gasteiger partial charge in [-0.15, -0.1) is 0 Å². The minimum absolute atomic E-state index is 0.0108. The van der Waals surface area contributed by atoms with Crippen LogP contribution in [0.2, 0.25) is 0 Å². The Balaban J connectivity index is 1.53. The molecule has 1 aliphatic rings. The van der Waals surface area contributed by atoms with E-state index in [1.807, 2.05) is 37.3 Å². The summed E-state index contributed by atoms with van der Waals surface area (Å²) in [4.78, 5) is 28.0. The second-order valence-electron chi connectivity index (χ2n) is 8.43. The summed E-state index contributed by atoms with van der Waals surface area (Å²) < 4.78 is 11.7. The van der Waals surface area contributed by atoms with Crippen molar-refractivity contribution in [2.24, 2.45) is 0 Å². The molecule has 5 rings (SSSR count). The van der Waals surface area contributed by atoms with Gasteiger partial charge < -0.3 is 14.1 Å². The van der Waals surface area contributed by atoms with Crippen molar-refractivity contribution in [1.29, 1.82) is 0 Å². The van der Waals surface area contributed by atoms with Gasteiger partial charge in [0.1, 0.15) is 5.58 Å². The van der Waals surface area contributed by atoms with E-state index in [9.17, 15) is 9.59 Å². The summed E-state index contributed by atoms with van der Waals surface area (Å²) >= 11 is 0. The molecule has 4 aromatic rings. The molecule has 0 N–H and O–H groups in total. The molecule has 1 saturated heterocycles. The third-order valence-corrected chi connectivity index (χ3v) is 6.07. The molecule has 1 atom stereocenters. The maximum Gasteiger partial charge on any atom is 0.290 e. The fraction of sp³-hybridized carbons (Fsp3) is 0.259. The Bertz CT molecular complexity index is 1350. The van der Waals surface area contributed by atoms with Crippen LogP contribution in [0.3, 0.4) is 0 Å². The summed E-state index contributed by atoms with van der Waals surface area (Å²) in [6.07, 6.45) is 1.90. The quantitative estimate of drug-likeness (QED) is 0.446. The van der Waals surface area contributed by atoms with Crippen LogP contribution < -0.4 is 5.43 Å². The molecule has 0 aliphatic carbocycles. The van der Waals surface area contributed by atoms with E-state index < -0.39 is 0 Å². The zero-order chi connectivity index (χ0) is 22.1. The lowest BCUT2D eigenvalue weighted by atomic mass is 10.0. The van der Waals surface area contributed by atoms with Crippen LogP contribution in [-0.4, -0.2) is 30.1 Å². The lowest BCUT2D eigenvalue weighted by Crippen LogP contribution is -2.37. The number of hydrogen-bond donors (Lipinski definition) is 0. The Morgan fingerprint density at radius 3 is 2.72 bits per heavy atom. The summed E-state index contributed by atoms with van der Waals surface area (Å²) in [5, 5.41) is 2.71. The van der Waals surface area contributed by atoms with Crippen LogP contribution >= 0.6 is 0 Å². The van der Waals surface area contributed by atoms with Gasteiger partial charge in [-0.1, -0.05) is 48.5 Å². The molecule has 1 fully saturated rings. The molecule has 0 spiro atoms. The average molecular weight is 428 g/mol. The summed E-state index contributed by atoms with van der Waals surface area (Å²) in [6, 6.07) is 21.0. The highest BCUT2D eigenvalue weighted by Crippen LogP contribution is 2.23. The number of aryl methyl sites for hydroxylation is 1.